The molecule has 0 fully saturated rings. The van der Waals surface area contributed by atoms with Crippen LogP contribution in [0.2, 0.25) is 0 Å². The second-order valence-corrected chi connectivity index (χ2v) is 4.59. The van der Waals surface area contributed by atoms with Gasteiger partial charge in [0.05, 0.1) is 5.69 Å². The quantitative estimate of drug-likeness (QED) is 0.764. The summed E-state index contributed by atoms with van der Waals surface area (Å²) in [5, 5.41) is 11.1. The van der Waals surface area contributed by atoms with Gasteiger partial charge in [-0.25, -0.2) is 0 Å². The zero-order valence-corrected chi connectivity index (χ0v) is 11.8. The largest absolute Gasteiger partial charge is 0.396 e. The minimum absolute atomic E-state index is 0.230. The van der Waals surface area contributed by atoms with Crippen LogP contribution in [0.4, 0.5) is 5.69 Å². The fourth-order valence-corrected chi connectivity index (χ4v) is 1.92. The van der Waals surface area contributed by atoms with Gasteiger partial charge in [-0.3, -0.25) is 14.2 Å². The number of carbonyl (C=O) groups excluding carboxylic acids is 1. The van der Waals surface area contributed by atoms with E-state index in [9.17, 15) is 4.79 Å². The molecule has 3 N–H and O–H groups in total. The molecule has 0 saturated carbocycles. The van der Waals surface area contributed by atoms with E-state index in [1.807, 2.05) is 24.6 Å². The lowest BCUT2D eigenvalue weighted by atomic mass is 10.3. The van der Waals surface area contributed by atoms with Crippen LogP contribution in [0.3, 0.4) is 0 Å². The fourth-order valence-electron chi connectivity index (χ4n) is 1.92. The van der Waals surface area contributed by atoms with Crippen molar-refractivity contribution >= 4 is 11.6 Å². The summed E-state index contributed by atoms with van der Waals surface area (Å²) in [5.41, 5.74) is 7.58. The van der Waals surface area contributed by atoms with Crippen LogP contribution < -0.4 is 11.1 Å². The van der Waals surface area contributed by atoms with Crippen LogP contribution in [0.5, 0.6) is 0 Å². The molecule has 1 amide bonds. The highest BCUT2D eigenvalue weighted by Crippen LogP contribution is 2.08. The molecule has 2 rings (SSSR count). The molecule has 0 bridgehead atoms. The second kappa shape index (κ2) is 6.23. The van der Waals surface area contributed by atoms with Crippen LogP contribution in [0.15, 0.2) is 18.5 Å². The molecule has 0 radical (unpaired) electrons. The van der Waals surface area contributed by atoms with E-state index >= 15 is 0 Å². The van der Waals surface area contributed by atoms with Gasteiger partial charge < -0.3 is 11.1 Å². The Morgan fingerprint density at radius 1 is 1.50 bits per heavy atom. The molecule has 7 nitrogen and oxygen atoms in total. The molecule has 0 aliphatic heterocycles. The number of hydrogen-bond donors (Lipinski definition) is 2. The molecule has 0 aliphatic rings. The van der Waals surface area contributed by atoms with Crippen LogP contribution in [0.1, 0.15) is 29.5 Å². The van der Waals surface area contributed by atoms with E-state index in [2.05, 4.69) is 15.5 Å². The lowest BCUT2D eigenvalue weighted by Crippen LogP contribution is -2.26. The van der Waals surface area contributed by atoms with Gasteiger partial charge >= 0.3 is 0 Å². The maximum absolute atomic E-state index is 11.9. The summed E-state index contributed by atoms with van der Waals surface area (Å²) >= 11 is 0. The molecule has 2 aromatic rings. The van der Waals surface area contributed by atoms with Crippen molar-refractivity contribution in [2.24, 2.45) is 0 Å². The van der Waals surface area contributed by atoms with E-state index in [1.54, 1.807) is 17.1 Å². The minimum atomic E-state index is -0.230. The SMILES string of the molecule is CCn1cc(N)c(C(=O)NCCCn2nccc2C)n1. The van der Waals surface area contributed by atoms with Gasteiger partial charge in [-0.2, -0.15) is 10.2 Å². The Labute approximate surface area is 117 Å². The molecule has 20 heavy (non-hydrogen) atoms. The van der Waals surface area contributed by atoms with E-state index in [1.165, 1.54) is 0 Å². The smallest absolute Gasteiger partial charge is 0.273 e. The van der Waals surface area contributed by atoms with Gasteiger partial charge in [0.1, 0.15) is 0 Å². The van der Waals surface area contributed by atoms with Crippen molar-refractivity contribution in [1.29, 1.82) is 0 Å². The van der Waals surface area contributed by atoms with Crippen LogP contribution >= 0.6 is 0 Å². The number of amides is 1. The molecular formula is C13H20N6O. The van der Waals surface area contributed by atoms with Gasteiger partial charge in [-0.05, 0) is 26.3 Å². The molecular weight excluding hydrogens is 256 g/mol. The number of nitrogens with zero attached hydrogens (tertiary/aromatic N) is 4. The van der Waals surface area contributed by atoms with Gasteiger partial charge in [0, 0.05) is 37.7 Å². The third kappa shape index (κ3) is 3.17. The Kier molecular flexibility index (Phi) is 4.39. The van der Waals surface area contributed by atoms with Gasteiger partial charge in [-0.15, -0.1) is 0 Å². The molecule has 0 aliphatic carbocycles. The number of carbonyl (C=O) groups is 1. The predicted octanol–water partition coefficient (Wildman–Crippen LogP) is 0.810. The number of rotatable bonds is 6. The average molecular weight is 276 g/mol. The van der Waals surface area contributed by atoms with Gasteiger partial charge in [0.25, 0.3) is 5.91 Å². The number of hydrogen-bond acceptors (Lipinski definition) is 4. The fraction of sp³-hybridized carbons (Fsp3) is 0.462. The summed E-state index contributed by atoms with van der Waals surface area (Å²) in [7, 11) is 0. The third-order valence-corrected chi connectivity index (χ3v) is 3.09. The Morgan fingerprint density at radius 3 is 2.90 bits per heavy atom. The zero-order chi connectivity index (χ0) is 14.5. The molecule has 2 aromatic heterocycles. The second-order valence-electron chi connectivity index (χ2n) is 4.59. The highest BCUT2D eigenvalue weighted by Gasteiger charge is 2.13. The van der Waals surface area contributed by atoms with Crippen LogP contribution in [0.25, 0.3) is 0 Å². The molecule has 0 unspecified atom stereocenters. The Balaban J connectivity index is 1.80. The number of anilines is 1. The highest BCUT2D eigenvalue weighted by atomic mass is 16.1. The van der Waals surface area contributed by atoms with E-state index in [4.69, 9.17) is 5.73 Å². The number of aromatic nitrogens is 4. The molecule has 7 heteroatoms. The first-order valence-corrected chi connectivity index (χ1v) is 6.71. The number of nitrogens with one attached hydrogen (secondary N) is 1. The molecule has 2 heterocycles. The van der Waals surface area contributed by atoms with Crippen molar-refractivity contribution in [2.75, 3.05) is 12.3 Å². The van der Waals surface area contributed by atoms with Crippen molar-refractivity contribution < 1.29 is 4.79 Å². The predicted molar refractivity (Wildman–Crippen MR) is 76.2 cm³/mol. The maximum Gasteiger partial charge on any atom is 0.273 e. The summed E-state index contributed by atoms with van der Waals surface area (Å²) in [6, 6.07) is 1.96. The van der Waals surface area contributed by atoms with E-state index in [0.29, 0.717) is 24.5 Å². The summed E-state index contributed by atoms with van der Waals surface area (Å²) < 4.78 is 3.56. The zero-order valence-electron chi connectivity index (χ0n) is 11.8. The molecule has 0 saturated heterocycles. The normalized spacial score (nSPS) is 10.7. The maximum atomic E-state index is 11.9. The summed E-state index contributed by atoms with van der Waals surface area (Å²) in [6.45, 7) is 5.98. The Morgan fingerprint density at radius 2 is 2.30 bits per heavy atom. The topological polar surface area (TPSA) is 90.8 Å². The van der Waals surface area contributed by atoms with Gasteiger partial charge in [0.15, 0.2) is 5.69 Å². The molecule has 0 spiro atoms. The summed E-state index contributed by atoms with van der Waals surface area (Å²) in [5.74, 6) is -0.230. The first-order valence-electron chi connectivity index (χ1n) is 6.71. The van der Waals surface area contributed by atoms with Crippen LogP contribution in [-0.2, 0) is 13.1 Å². The Bertz CT molecular complexity index is 585. The number of nitrogens with two attached hydrogens (primary N) is 1. The lowest BCUT2D eigenvalue weighted by molar-refractivity contribution is 0.0947. The molecule has 108 valence electrons. The van der Waals surface area contributed by atoms with Crippen LogP contribution in [0, 0.1) is 6.92 Å². The van der Waals surface area contributed by atoms with Crippen molar-refractivity contribution in [1.82, 2.24) is 24.9 Å². The first kappa shape index (κ1) is 14.1. The number of aryl methyl sites for hydroxylation is 3. The molecule has 0 atom stereocenters. The standard InChI is InChI=1S/C13H20N6O/c1-3-18-9-11(14)12(17-18)13(20)15-6-4-8-19-10(2)5-7-16-19/h5,7,9H,3-4,6,8,14H2,1-2H3,(H,15,20). The summed E-state index contributed by atoms with van der Waals surface area (Å²) in [4.78, 5) is 11.9. The first-order chi connectivity index (χ1) is 9.61. The van der Waals surface area contributed by atoms with E-state index < -0.39 is 0 Å². The van der Waals surface area contributed by atoms with Crippen molar-refractivity contribution in [3.05, 3.63) is 29.8 Å². The van der Waals surface area contributed by atoms with E-state index in [-0.39, 0.29) is 5.91 Å². The molecule has 0 aromatic carbocycles. The van der Waals surface area contributed by atoms with Crippen LogP contribution in [-0.4, -0.2) is 32.0 Å². The number of nitrogen functional groups attached to an aromatic ring is 1. The third-order valence-electron chi connectivity index (χ3n) is 3.09. The van der Waals surface area contributed by atoms with Crippen molar-refractivity contribution in [2.45, 2.75) is 33.4 Å². The minimum Gasteiger partial charge on any atom is -0.396 e. The van der Waals surface area contributed by atoms with Crippen molar-refractivity contribution in [3.63, 3.8) is 0 Å². The average Bonchev–Trinajstić information content (AvgIpc) is 3.00. The van der Waals surface area contributed by atoms with E-state index in [0.717, 1.165) is 18.7 Å². The van der Waals surface area contributed by atoms with Crippen molar-refractivity contribution in [3.8, 4) is 0 Å². The van der Waals surface area contributed by atoms with Gasteiger partial charge in [-0.1, -0.05) is 0 Å². The lowest BCUT2D eigenvalue weighted by Gasteiger charge is -2.05. The van der Waals surface area contributed by atoms with Gasteiger partial charge in [0.2, 0.25) is 0 Å². The highest BCUT2D eigenvalue weighted by molar-refractivity contribution is 5.96. The monoisotopic (exact) mass is 276 g/mol. The Hall–Kier alpha value is -2.31. The summed E-state index contributed by atoms with van der Waals surface area (Å²) in [6.07, 6.45) is 4.25.